The summed E-state index contributed by atoms with van der Waals surface area (Å²) in [6, 6.07) is 16.6. The van der Waals surface area contributed by atoms with E-state index in [-0.39, 0.29) is 18.4 Å². The zero-order chi connectivity index (χ0) is 27.3. The van der Waals surface area contributed by atoms with Crippen LogP contribution in [0.25, 0.3) is 10.8 Å². The van der Waals surface area contributed by atoms with Gasteiger partial charge in [-0.3, -0.25) is 14.5 Å². The lowest BCUT2D eigenvalue weighted by molar-refractivity contribution is -0.127. The SMILES string of the molecule is COc1ccc2cc(Br)ccc2c1N(C=O)c1ccccc1OC1(C(C)NC(=O)CC(C)O)CCOCC1. The topological polar surface area (TPSA) is 97.3 Å². The smallest absolute Gasteiger partial charge is 0.222 e. The Morgan fingerprint density at radius 2 is 1.89 bits per heavy atom. The molecule has 4 rings (SSSR count). The molecule has 1 aliphatic heterocycles. The summed E-state index contributed by atoms with van der Waals surface area (Å²) >= 11 is 3.52. The van der Waals surface area contributed by atoms with Crippen molar-refractivity contribution in [3.8, 4) is 11.5 Å². The Bertz CT molecular complexity index is 1290. The van der Waals surface area contributed by atoms with Crippen LogP contribution in [-0.2, 0) is 14.3 Å². The number of rotatable bonds is 10. The van der Waals surface area contributed by atoms with Crippen LogP contribution in [0.1, 0.15) is 33.1 Å². The molecule has 2 N–H and O–H groups in total. The predicted molar refractivity (Wildman–Crippen MR) is 150 cm³/mol. The highest BCUT2D eigenvalue weighted by Gasteiger charge is 2.42. The zero-order valence-corrected chi connectivity index (χ0v) is 23.4. The molecule has 202 valence electrons. The van der Waals surface area contributed by atoms with Gasteiger partial charge in [0.25, 0.3) is 0 Å². The van der Waals surface area contributed by atoms with Gasteiger partial charge in [0.2, 0.25) is 12.3 Å². The first kappa shape index (κ1) is 27.9. The number of benzene rings is 3. The van der Waals surface area contributed by atoms with Gasteiger partial charge in [-0.15, -0.1) is 0 Å². The fourth-order valence-electron chi connectivity index (χ4n) is 4.91. The molecular weight excluding hydrogens is 552 g/mol. The van der Waals surface area contributed by atoms with Gasteiger partial charge < -0.3 is 24.6 Å². The number of anilines is 2. The lowest BCUT2D eigenvalue weighted by Gasteiger charge is -2.43. The molecule has 1 saturated heterocycles. The summed E-state index contributed by atoms with van der Waals surface area (Å²) in [5.74, 6) is 0.784. The number of fused-ring (bicyclic) bond motifs is 1. The summed E-state index contributed by atoms with van der Waals surface area (Å²) < 4.78 is 19.0. The van der Waals surface area contributed by atoms with Gasteiger partial charge in [0.05, 0.1) is 50.3 Å². The molecule has 0 saturated carbocycles. The monoisotopic (exact) mass is 584 g/mol. The quantitative estimate of drug-likeness (QED) is 0.321. The number of aliphatic hydroxyl groups is 1. The highest BCUT2D eigenvalue weighted by molar-refractivity contribution is 9.10. The van der Waals surface area contributed by atoms with Crippen molar-refractivity contribution in [3.63, 3.8) is 0 Å². The molecule has 3 aromatic rings. The van der Waals surface area contributed by atoms with Crippen LogP contribution in [0.5, 0.6) is 11.5 Å². The van der Waals surface area contributed by atoms with E-state index in [2.05, 4.69) is 21.2 Å². The molecule has 8 nitrogen and oxygen atoms in total. The van der Waals surface area contributed by atoms with Crippen molar-refractivity contribution in [1.29, 1.82) is 0 Å². The summed E-state index contributed by atoms with van der Waals surface area (Å²) in [6.07, 6.45) is 1.11. The molecule has 2 amide bonds. The molecule has 0 radical (unpaired) electrons. The maximum absolute atomic E-state index is 12.7. The van der Waals surface area contributed by atoms with Crippen LogP contribution < -0.4 is 19.7 Å². The Labute approximate surface area is 231 Å². The number of nitrogens with one attached hydrogen (secondary N) is 1. The number of aliphatic hydroxyl groups excluding tert-OH is 1. The number of halogens is 1. The second kappa shape index (κ2) is 12.1. The number of para-hydroxylation sites is 2. The van der Waals surface area contributed by atoms with Crippen molar-refractivity contribution >= 4 is 50.4 Å². The van der Waals surface area contributed by atoms with Crippen molar-refractivity contribution in [2.75, 3.05) is 25.2 Å². The van der Waals surface area contributed by atoms with Crippen LogP contribution in [0, 0.1) is 0 Å². The number of hydrogen-bond donors (Lipinski definition) is 2. The number of ether oxygens (including phenoxy) is 3. The third-order valence-electron chi connectivity index (χ3n) is 6.91. The van der Waals surface area contributed by atoms with E-state index in [4.69, 9.17) is 14.2 Å². The van der Waals surface area contributed by atoms with Gasteiger partial charge in [0.15, 0.2) is 0 Å². The molecule has 1 aliphatic rings. The molecular formula is C29H33BrN2O6. The highest BCUT2D eigenvalue weighted by atomic mass is 79.9. The third-order valence-corrected chi connectivity index (χ3v) is 7.40. The minimum Gasteiger partial charge on any atom is -0.495 e. The largest absolute Gasteiger partial charge is 0.495 e. The van der Waals surface area contributed by atoms with Crippen LogP contribution in [0.2, 0.25) is 0 Å². The summed E-state index contributed by atoms with van der Waals surface area (Å²) in [7, 11) is 1.57. The maximum atomic E-state index is 12.7. The summed E-state index contributed by atoms with van der Waals surface area (Å²) in [5.41, 5.74) is 0.373. The first-order valence-corrected chi connectivity index (χ1v) is 13.4. The summed E-state index contributed by atoms with van der Waals surface area (Å²) in [5, 5.41) is 14.4. The van der Waals surface area contributed by atoms with Gasteiger partial charge in [0.1, 0.15) is 17.1 Å². The average Bonchev–Trinajstić information content (AvgIpc) is 2.90. The molecule has 0 aromatic heterocycles. The number of nitrogens with zero attached hydrogens (tertiary/aromatic N) is 1. The summed E-state index contributed by atoms with van der Waals surface area (Å²) in [4.78, 5) is 26.7. The van der Waals surface area contributed by atoms with Gasteiger partial charge in [-0.25, -0.2) is 0 Å². The van der Waals surface area contributed by atoms with Crippen LogP contribution >= 0.6 is 15.9 Å². The molecule has 9 heteroatoms. The van der Waals surface area contributed by atoms with Gasteiger partial charge in [-0.1, -0.05) is 40.2 Å². The molecule has 0 spiro atoms. The zero-order valence-electron chi connectivity index (χ0n) is 21.8. The van der Waals surface area contributed by atoms with Gasteiger partial charge in [0, 0.05) is 22.7 Å². The van der Waals surface area contributed by atoms with E-state index in [9.17, 15) is 14.7 Å². The van der Waals surface area contributed by atoms with E-state index in [0.717, 1.165) is 21.7 Å². The molecule has 3 aromatic carbocycles. The van der Waals surface area contributed by atoms with E-state index in [1.54, 1.807) is 14.0 Å². The van der Waals surface area contributed by atoms with Crippen LogP contribution in [0.4, 0.5) is 11.4 Å². The number of carbonyl (C=O) groups excluding carboxylic acids is 2. The standard InChI is InChI=1S/C29H33BrN2O6/c1-19(34)16-27(35)31-20(2)29(12-14-37-15-13-29)38-25-7-5-4-6-24(25)32(18-33)28-23-10-9-22(30)17-21(23)8-11-26(28)36-3/h4-11,17-20,34H,12-16H2,1-3H3,(H,31,35). The third kappa shape index (κ3) is 5.95. The second-order valence-electron chi connectivity index (χ2n) is 9.55. The Hall–Kier alpha value is -3.14. The Morgan fingerprint density at radius 3 is 2.58 bits per heavy atom. The number of hydrogen-bond acceptors (Lipinski definition) is 6. The number of methoxy groups -OCH3 is 1. The summed E-state index contributed by atoms with van der Waals surface area (Å²) in [6.45, 7) is 4.43. The molecule has 2 atom stereocenters. The van der Waals surface area contributed by atoms with Crippen LogP contribution in [0.3, 0.4) is 0 Å². The first-order chi connectivity index (χ1) is 18.3. The van der Waals surface area contributed by atoms with Crippen LogP contribution in [-0.4, -0.2) is 55.5 Å². The van der Waals surface area contributed by atoms with Crippen molar-refractivity contribution in [2.45, 2.75) is 50.9 Å². The molecule has 1 fully saturated rings. The fraction of sp³-hybridized carbons (Fsp3) is 0.379. The second-order valence-corrected chi connectivity index (χ2v) is 10.5. The lowest BCUT2D eigenvalue weighted by atomic mass is 9.86. The van der Waals surface area contributed by atoms with Crippen molar-refractivity contribution in [2.24, 2.45) is 0 Å². The van der Waals surface area contributed by atoms with E-state index in [0.29, 0.717) is 48.9 Å². The molecule has 0 bridgehead atoms. The highest BCUT2D eigenvalue weighted by Crippen LogP contribution is 2.44. The van der Waals surface area contributed by atoms with E-state index >= 15 is 0 Å². The van der Waals surface area contributed by atoms with E-state index in [1.165, 1.54) is 4.90 Å². The Morgan fingerprint density at radius 1 is 1.16 bits per heavy atom. The minimum atomic E-state index is -0.773. The maximum Gasteiger partial charge on any atom is 0.222 e. The number of amides is 2. The van der Waals surface area contributed by atoms with Gasteiger partial charge >= 0.3 is 0 Å². The molecule has 38 heavy (non-hydrogen) atoms. The molecule has 1 heterocycles. The number of carbonyl (C=O) groups is 2. The van der Waals surface area contributed by atoms with E-state index in [1.807, 2.05) is 61.5 Å². The Kier molecular flexibility index (Phi) is 8.91. The average molecular weight is 585 g/mol. The van der Waals surface area contributed by atoms with Gasteiger partial charge in [-0.2, -0.15) is 0 Å². The molecule has 2 unspecified atom stereocenters. The van der Waals surface area contributed by atoms with Crippen LogP contribution in [0.15, 0.2) is 59.1 Å². The molecule has 0 aliphatic carbocycles. The van der Waals surface area contributed by atoms with Crippen molar-refractivity contribution in [1.82, 2.24) is 5.32 Å². The first-order valence-electron chi connectivity index (χ1n) is 12.6. The van der Waals surface area contributed by atoms with Crippen molar-refractivity contribution < 1.29 is 28.9 Å². The van der Waals surface area contributed by atoms with Gasteiger partial charge in [-0.05, 0) is 49.6 Å². The lowest BCUT2D eigenvalue weighted by Crippen LogP contribution is -2.57. The minimum absolute atomic E-state index is 0.00339. The fourth-order valence-corrected chi connectivity index (χ4v) is 5.29. The normalized spacial score (nSPS) is 16.3. The van der Waals surface area contributed by atoms with Crippen molar-refractivity contribution in [3.05, 3.63) is 59.1 Å². The van der Waals surface area contributed by atoms with E-state index < -0.39 is 11.7 Å². The predicted octanol–water partition coefficient (Wildman–Crippen LogP) is 5.11. The Balaban J connectivity index is 1.76.